The lowest BCUT2D eigenvalue weighted by molar-refractivity contribution is -0.133. The first kappa shape index (κ1) is 23.7. The van der Waals surface area contributed by atoms with Crippen molar-refractivity contribution in [2.45, 2.75) is 32.2 Å². The van der Waals surface area contributed by atoms with Gasteiger partial charge in [0.25, 0.3) is 0 Å². The van der Waals surface area contributed by atoms with Gasteiger partial charge in [-0.25, -0.2) is 0 Å². The van der Waals surface area contributed by atoms with E-state index < -0.39 is 0 Å². The Balaban J connectivity index is 0.00000182. The number of hydrogen-bond donors (Lipinski definition) is 1. The Bertz CT molecular complexity index is 634. The molecule has 1 saturated heterocycles. The van der Waals surface area contributed by atoms with Crippen molar-refractivity contribution < 1.29 is 9.59 Å². The van der Waals surface area contributed by atoms with Crippen molar-refractivity contribution >= 4 is 42.3 Å². The van der Waals surface area contributed by atoms with Gasteiger partial charge in [-0.3, -0.25) is 14.5 Å². The smallest absolute Gasteiger partial charge is 0.241 e. The molecule has 1 unspecified atom stereocenters. The Kier molecular flexibility index (Phi) is 9.53. The van der Waals surface area contributed by atoms with Crippen molar-refractivity contribution in [1.29, 1.82) is 0 Å². The number of anilines is 1. The number of rotatable bonds is 5. The lowest BCUT2D eigenvalue weighted by Gasteiger charge is -2.35. The zero-order chi connectivity index (χ0) is 17.8. The average Bonchev–Trinajstić information content (AvgIpc) is 3.04. The summed E-state index contributed by atoms with van der Waals surface area (Å²) < 4.78 is 0. The fraction of sp³-hybridized carbons (Fsp3) is 0.579. The molecule has 0 spiro atoms. The second-order valence-electron chi connectivity index (χ2n) is 7.10. The Hall–Kier alpha value is -1.34. The maximum absolute atomic E-state index is 12.7. The van der Waals surface area contributed by atoms with E-state index in [1.54, 1.807) is 0 Å². The van der Waals surface area contributed by atoms with Crippen molar-refractivity contribution in [2.75, 3.05) is 44.2 Å². The third kappa shape index (κ3) is 6.07. The molecule has 1 fully saturated rings. The van der Waals surface area contributed by atoms with Crippen LogP contribution in [-0.2, 0) is 16.0 Å². The summed E-state index contributed by atoms with van der Waals surface area (Å²) in [6.45, 7) is 6.02. The van der Waals surface area contributed by atoms with Crippen LogP contribution >= 0.6 is 24.8 Å². The lowest BCUT2D eigenvalue weighted by atomic mass is 10.1. The quantitative estimate of drug-likeness (QED) is 0.792. The van der Waals surface area contributed by atoms with Crippen molar-refractivity contribution in [3.63, 3.8) is 0 Å². The molecule has 2 amide bonds. The number of para-hydroxylation sites is 1. The van der Waals surface area contributed by atoms with Gasteiger partial charge in [0.2, 0.25) is 11.8 Å². The van der Waals surface area contributed by atoms with E-state index in [0.717, 1.165) is 38.2 Å². The summed E-state index contributed by atoms with van der Waals surface area (Å²) in [4.78, 5) is 30.8. The van der Waals surface area contributed by atoms with E-state index in [4.69, 9.17) is 5.73 Å². The summed E-state index contributed by atoms with van der Waals surface area (Å²) in [5, 5.41) is 0. The van der Waals surface area contributed by atoms with Crippen LogP contribution in [-0.4, -0.2) is 66.9 Å². The van der Waals surface area contributed by atoms with Crippen LogP contribution < -0.4 is 10.6 Å². The normalized spacial score (nSPS) is 17.6. The molecule has 2 heterocycles. The molecule has 0 bridgehead atoms. The molecular formula is C19H30Cl2N4O2. The topological polar surface area (TPSA) is 69.9 Å². The summed E-state index contributed by atoms with van der Waals surface area (Å²) in [5.74, 6) is 0.332. The lowest BCUT2D eigenvalue weighted by Crippen LogP contribution is -2.51. The van der Waals surface area contributed by atoms with E-state index in [0.29, 0.717) is 26.1 Å². The van der Waals surface area contributed by atoms with E-state index >= 15 is 0 Å². The molecule has 1 atom stereocenters. The van der Waals surface area contributed by atoms with E-state index in [1.165, 1.54) is 5.56 Å². The molecule has 2 N–H and O–H groups in total. The number of carbonyl (C=O) groups is 2. The van der Waals surface area contributed by atoms with Crippen LogP contribution in [0, 0.1) is 0 Å². The van der Waals surface area contributed by atoms with Gasteiger partial charge in [0.05, 0.1) is 6.54 Å². The van der Waals surface area contributed by atoms with E-state index in [9.17, 15) is 9.59 Å². The van der Waals surface area contributed by atoms with Gasteiger partial charge in [-0.2, -0.15) is 0 Å². The van der Waals surface area contributed by atoms with Crippen LogP contribution in [0.4, 0.5) is 5.69 Å². The number of amides is 2. The largest absolute Gasteiger partial charge is 0.340 e. The minimum Gasteiger partial charge on any atom is -0.340 e. The first-order chi connectivity index (χ1) is 12.0. The number of halogens is 2. The molecular weight excluding hydrogens is 387 g/mol. The number of hydrogen-bond acceptors (Lipinski definition) is 4. The highest BCUT2D eigenvalue weighted by Gasteiger charge is 2.27. The molecule has 8 heteroatoms. The van der Waals surface area contributed by atoms with Gasteiger partial charge in [-0.15, -0.1) is 24.8 Å². The molecule has 0 aromatic heterocycles. The number of carbonyl (C=O) groups excluding carboxylic acids is 2. The van der Waals surface area contributed by atoms with E-state index in [1.807, 2.05) is 34.9 Å². The minimum atomic E-state index is 0. The highest BCUT2D eigenvalue weighted by Crippen LogP contribution is 2.27. The molecule has 2 aliphatic heterocycles. The zero-order valence-corrected chi connectivity index (χ0v) is 17.4. The molecule has 2 aliphatic rings. The van der Waals surface area contributed by atoms with Crippen LogP contribution in [0.25, 0.3) is 0 Å². The number of benzene rings is 1. The molecule has 3 rings (SSSR count). The molecule has 0 radical (unpaired) electrons. The van der Waals surface area contributed by atoms with Crippen LogP contribution in [0.5, 0.6) is 0 Å². The van der Waals surface area contributed by atoms with E-state index in [2.05, 4.69) is 11.0 Å². The Morgan fingerprint density at radius 3 is 2.37 bits per heavy atom. The highest BCUT2D eigenvalue weighted by molar-refractivity contribution is 5.96. The number of piperazine rings is 1. The minimum absolute atomic E-state index is 0. The van der Waals surface area contributed by atoms with Crippen LogP contribution in [0.1, 0.15) is 25.3 Å². The first-order valence-corrected chi connectivity index (χ1v) is 9.18. The second-order valence-corrected chi connectivity index (χ2v) is 7.10. The Morgan fingerprint density at radius 2 is 1.70 bits per heavy atom. The molecule has 27 heavy (non-hydrogen) atoms. The molecule has 0 saturated carbocycles. The van der Waals surface area contributed by atoms with Crippen molar-refractivity contribution in [1.82, 2.24) is 9.80 Å². The zero-order valence-electron chi connectivity index (χ0n) is 15.8. The summed E-state index contributed by atoms with van der Waals surface area (Å²) >= 11 is 0. The molecule has 6 nitrogen and oxygen atoms in total. The number of nitrogens with two attached hydrogens (primary N) is 1. The summed E-state index contributed by atoms with van der Waals surface area (Å²) in [6, 6.07) is 8.18. The van der Waals surface area contributed by atoms with Gasteiger partial charge in [-0.05, 0) is 31.4 Å². The van der Waals surface area contributed by atoms with Crippen molar-refractivity contribution in [3.05, 3.63) is 29.8 Å². The van der Waals surface area contributed by atoms with Gasteiger partial charge in [0, 0.05) is 50.9 Å². The van der Waals surface area contributed by atoms with Gasteiger partial charge in [0.1, 0.15) is 0 Å². The van der Waals surface area contributed by atoms with Crippen LogP contribution in [0.15, 0.2) is 24.3 Å². The molecule has 0 aliphatic carbocycles. The monoisotopic (exact) mass is 416 g/mol. The average molecular weight is 417 g/mol. The van der Waals surface area contributed by atoms with Crippen LogP contribution in [0.3, 0.4) is 0 Å². The van der Waals surface area contributed by atoms with Gasteiger partial charge >= 0.3 is 0 Å². The predicted molar refractivity (Wildman–Crippen MR) is 113 cm³/mol. The fourth-order valence-electron chi connectivity index (χ4n) is 3.54. The highest BCUT2D eigenvalue weighted by atomic mass is 35.5. The Morgan fingerprint density at radius 1 is 1.04 bits per heavy atom. The standard InChI is InChI=1S/C19H28N4O2.2ClH/c1-15(20)6-7-18(24)22-12-10-21(11-13-22)14-19(25)23-9-8-16-4-2-3-5-17(16)23;;/h2-5,15H,6-14,20H2,1H3;2*1H. The first-order valence-electron chi connectivity index (χ1n) is 9.18. The molecule has 152 valence electrons. The van der Waals surface area contributed by atoms with Crippen molar-refractivity contribution in [3.8, 4) is 0 Å². The fourth-order valence-corrected chi connectivity index (χ4v) is 3.54. The molecule has 1 aromatic rings. The predicted octanol–water partition coefficient (Wildman–Crippen LogP) is 1.69. The SMILES string of the molecule is CC(N)CCC(=O)N1CCN(CC(=O)N2CCc3ccccc32)CC1.Cl.Cl. The maximum atomic E-state index is 12.7. The van der Waals surface area contributed by atoms with Crippen molar-refractivity contribution in [2.24, 2.45) is 5.73 Å². The second kappa shape index (κ2) is 10.9. The van der Waals surface area contributed by atoms with Gasteiger partial charge in [0.15, 0.2) is 0 Å². The summed E-state index contributed by atoms with van der Waals surface area (Å²) in [7, 11) is 0. The van der Waals surface area contributed by atoms with Gasteiger partial charge in [-0.1, -0.05) is 18.2 Å². The number of nitrogens with zero attached hydrogens (tertiary/aromatic N) is 3. The van der Waals surface area contributed by atoms with E-state index in [-0.39, 0.29) is 42.7 Å². The Labute approximate surface area is 173 Å². The third-order valence-corrected chi connectivity index (χ3v) is 5.09. The maximum Gasteiger partial charge on any atom is 0.241 e. The number of fused-ring (bicyclic) bond motifs is 1. The summed E-state index contributed by atoms with van der Waals surface area (Å²) in [6.07, 6.45) is 2.18. The third-order valence-electron chi connectivity index (χ3n) is 5.09. The summed E-state index contributed by atoms with van der Waals surface area (Å²) in [5.41, 5.74) is 8.02. The van der Waals surface area contributed by atoms with Gasteiger partial charge < -0.3 is 15.5 Å². The van der Waals surface area contributed by atoms with Crippen LogP contribution in [0.2, 0.25) is 0 Å². The molecule has 1 aromatic carbocycles.